The Morgan fingerprint density at radius 1 is 1.42 bits per heavy atom. The van der Waals surface area contributed by atoms with Crippen molar-refractivity contribution in [3.63, 3.8) is 0 Å². The lowest BCUT2D eigenvalue weighted by atomic mass is 10.1. The largest absolute Gasteiger partial charge is 0.367 e. The van der Waals surface area contributed by atoms with Crippen molar-refractivity contribution in [3.05, 3.63) is 46.5 Å². The van der Waals surface area contributed by atoms with E-state index in [4.69, 9.17) is 5.73 Å². The number of aryl methyl sites for hydroxylation is 1. The number of benzene rings is 1. The van der Waals surface area contributed by atoms with Gasteiger partial charge in [0, 0.05) is 36.6 Å². The van der Waals surface area contributed by atoms with E-state index in [0.717, 1.165) is 23.3 Å². The first-order chi connectivity index (χ1) is 9.11. The fraction of sp³-hybridized carbons (Fsp3) is 0.357. The van der Waals surface area contributed by atoms with Gasteiger partial charge in [0.05, 0.1) is 6.54 Å². The molecule has 0 aliphatic carbocycles. The van der Waals surface area contributed by atoms with Crippen LogP contribution in [0.2, 0.25) is 0 Å². The zero-order valence-corrected chi connectivity index (χ0v) is 12.9. The summed E-state index contributed by atoms with van der Waals surface area (Å²) in [7, 11) is 4.09. The van der Waals surface area contributed by atoms with Crippen LogP contribution in [0.5, 0.6) is 0 Å². The minimum atomic E-state index is 0.652. The topological polar surface area (TPSA) is 47.1 Å². The molecule has 0 bridgehead atoms. The molecule has 0 aliphatic heterocycles. The van der Waals surface area contributed by atoms with E-state index in [1.165, 1.54) is 11.3 Å². The number of anilines is 1. The molecule has 0 atom stereocenters. The predicted octanol–water partition coefficient (Wildman–Crippen LogP) is 2.32. The van der Waals surface area contributed by atoms with Crippen LogP contribution < -0.4 is 10.6 Å². The van der Waals surface area contributed by atoms with Gasteiger partial charge in [0.1, 0.15) is 5.82 Å². The van der Waals surface area contributed by atoms with Crippen LogP contribution in [0.15, 0.2) is 35.1 Å². The van der Waals surface area contributed by atoms with E-state index in [1.807, 2.05) is 24.0 Å². The van der Waals surface area contributed by atoms with E-state index >= 15 is 0 Å². The van der Waals surface area contributed by atoms with Crippen molar-refractivity contribution in [1.29, 1.82) is 0 Å². The molecule has 1 aromatic heterocycles. The summed E-state index contributed by atoms with van der Waals surface area (Å²) >= 11 is 3.51. The molecule has 4 nitrogen and oxygen atoms in total. The number of hydrogen-bond donors (Lipinski definition) is 1. The first-order valence-corrected chi connectivity index (χ1v) is 7.07. The van der Waals surface area contributed by atoms with Crippen molar-refractivity contribution >= 4 is 21.6 Å². The van der Waals surface area contributed by atoms with Crippen molar-refractivity contribution < 1.29 is 0 Å². The van der Waals surface area contributed by atoms with Crippen LogP contribution in [0.1, 0.15) is 11.4 Å². The van der Waals surface area contributed by atoms with Gasteiger partial charge in [-0.3, -0.25) is 0 Å². The van der Waals surface area contributed by atoms with Crippen molar-refractivity contribution in [2.24, 2.45) is 12.8 Å². The third kappa shape index (κ3) is 3.36. The Morgan fingerprint density at radius 3 is 2.84 bits per heavy atom. The second kappa shape index (κ2) is 6.21. The Hall–Kier alpha value is -1.33. The fourth-order valence-corrected chi connectivity index (χ4v) is 2.54. The fourth-order valence-electron chi connectivity index (χ4n) is 2.13. The predicted molar refractivity (Wildman–Crippen MR) is 82.2 cm³/mol. The molecule has 1 heterocycles. The minimum Gasteiger partial charge on any atom is -0.367 e. The minimum absolute atomic E-state index is 0.652. The Bertz CT molecular complexity index is 550. The van der Waals surface area contributed by atoms with Gasteiger partial charge in [0.15, 0.2) is 0 Å². The van der Waals surface area contributed by atoms with E-state index in [9.17, 15) is 0 Å². The molecule has 0 saturated heterocycles. The zero-order valence-electron chi connectivity index (χ0n) is 11.3. The molecule has 19 heavy (non-hydrogen) atoms. The van der Waals surface area contributed by atoms with Crippen LogP contribution in [0.3, 0.4) is 0 Å². The Morgan fingerprint density at radius 2 is 2.21 bits per heavy atom. The first-order valence-electron chi connectivity index (χ1n) is 6.27. The standard InChI is InChI=1S/C14H19BrN4/c1-18-8-7-17-14(18)10-19(2)13-4-3-12(15)9-11(13)5-6-16/h3-4,7-9H,5-6,10,16H2,1-2H3. The summed E-state index contributed by atoms with van der Waals surface area (Å²) in [6.45, 7) is 1.43. The van der Waals surface area contributed by atoms with Crippen LogP contribution in [0.4, 0.5) is 5.69 Å². The van der Waals surface area contributed by atoms with Crippen LogP contribution >= 0.6 is 15.9 Å². The van der Waals surface area contributed by atoms with Crippen molar-refractivity contribution in [2.45, 2.75) is 13.0 Å². The van der Waals surface area contributed by atoms with Crippen molar-refractivity contribution in [1.82, 2.24) is 9.55 Å². The van der Waals surface area contributed by atoms with E-state index in [1.54, 1.807) is 0 Å². The summed E-state index contributed by atoms with van der Waals surface area (Å²) in [5.74, 6) is 1.05. The number of halogens is 1. The summed E-state index contributed by atoms with van der Waals surface area (Å²) in [4.78, 5) is 6.57. The van der Waals surface area contributed by atoms with Crippen molar-refractivity contribution in [3.8, 4) is 0 Å². The van der Waals surface area contributed by atoms with Crippen LogP contribution in [-0.4, -0.2) is 23.1 Å². The van der Waals surface area contributed by atoms with Gasteiger partial charge in [-0.25, -0.2) is 4.98 Å². The number of rotatable bonds is 5. The Labute approximate surface area is 122 Å². The molecule has 2 aromatic rings. The van der Waals surface area contributed by atoms with Gasteiger partial charge in [-0.2, -0.15) is 0 Å². The zero-order chi connectivity index (χ0) is 13.8. The molecule has 0 amide bonds. The highest BCUT2D eigenvalue weighted by Gasteiger charge is 2.10. The molecular formula is C14H19BrN4. The molecule has 0 radical (unpaired) electrons. The van der Waals surface area contributed by atoms with Gasteiger partial charge in [-0.05, 0) is 36.7 Å². The van der Waals surface area contributed by atoms with Gasteiger partial charge in [0.25, 0.3) is 0 Å². The van der Waals surface area contributed by atoms with Crippen LogP contribution in [0, 0.1) is 0 Å². The van der Waals surface area contributed by atoms with Crippen LogP contribution in [-0.2, 0) is 20.0 Å². The third-order valence-electron chi connectivity index (χ3n) is 3.17. The number of nitrogens with zero attached hydrogens (tertiary/aromatic N) is 3. The molecular weight excluding hydrogens is 304 g/mol. The number of nitrogens with two attached hydrogens (primary N) is 1. The lowest BCUT2D eigenvalue weighted by Gasteiger charge is -2.22. The summed E-state index contributed by atoms with van der Waals surface area (Å²) in [5, 5.41) is 0. The van der Waals surface area contributed by atoms with Crippen LogP contribution in [0.25, 0.3) is 0 Å². The average molecular weight is 323 g/mol. The molecule has 2 N–H and O–H groups in total. The highest BCUT2D eigenvalue weighted by Crippen LogP contribution is 2.25. The summed E-state index contributed by atoms with van der Waals surface area (Å²) in [5.41, 5.74) is 8.15. The smallest absolute Gasteiger partial charge is 0.127 e. The molecule has 0 fully saturated rings. The molecule has 102 valence electrons. The molecule has 0 saturated carbocycles. The third-order valence-corrected chi connectivity index (χ3v) is 3.66. The van der Waals surface area contributed by atoms with E-state index in [2.05, 4.69) is 51.1 Å². The van der Waals surface area contributed by atoms with Gasteiger partial charge < -0.3 is 15.2 Å². The van der Waals surface area contributed by atoms with E-state index in [0.29, 0.717) is 6.54 Å². The second-order valence-corrected chi connectivity index (χ2v) is 5.54. The number of hydrogen-bond acceptors (Lipinski definition) is 3. The van der Waals surface area contributed by atoms with Gasteiger partial charge in [-0.1, -0.05) is 15.9 Å². The van der Waals surface area contributed by atoms with Gasteiger partial charge >= 0.3 is 0 Å². The van der Waals surface area contributed by atoms with Gasteiger partial charge in [0.2, 0.25) is 0 Å². The summed E-state index contributed by atoms with van der Waals surface area (Å²) in [6.07, 6.45) is 4.66. The highest BCUT2D eigenvalue weighted by atomic mass is 79.9. The maximum atomic E-state index is 5.69. The van der Waals surface area contributed by atoms with Crippen molar-refractivity contribution in [2.75, 3.05) is 18.5 Å². The maximum absolute atomic E-state index is 5.69. The molecule has 1 aromatic carbocycles. The summed E-state index contributed by atoms with van der Waals surface area (Å²) < 4.78 is 3.13. The number of imidazole rings is 1. The van der Waals surface area contributed by atoms with E-state index in [-0.39, 0.29) is 0 Å². The quantitative estimate of drug-likeness (QED) is 0.919. The molecule has 0 unspecified atom stereocenters. The second-order valence-electron chi connectivity index (χ2n) is 4.62. The maximum Gasteiger partial charge on any atom is 0.127 e. The Balaban J connectivity index is 2.23. The Kier molecular flexibility index (Phi) is 4.61. The molecule has 0 spiro atoms. The first kappa shape index (κ1) is 14.1. The molecule has 2 rings (SSSR count). The van der Waals surface area contributed by atoms with Gasteiger partial charge in [-0.15, -0.1) is 0 Å². The number of aromatic nitrogens is 2. The highest BCUT2D eigenvalue weighted by molar-refractivity contribution is 9.10. The summed E-state index contributed by atoms with van der Waals surface area (Å²) in [6, 6.07) is 6.32. The van der Waals surface area contributed by atoms with E-state index < -0.39 is 0 Å². The average Bonchev–Trinajstić information content (AvgIpc) is 2.75. The molecule has 0 aliphatic rings. The lowest BCUT2D eigenvalue weighted by Crippen LogP contribution is -2.21. The SMILES string of the molecule is CN(Cc1nccn1C)c1ccc(Br)cc1CCN. The normalized spacial score (nSPS) is 10.7. The monoisotopic (exact) mass is 322 g/mol. The molecule has 5 heteroatoms. The lowest BCUT2D eigenvalue weighted by molar-refractivity contribution is 0.758.